The molecule has 2 aromatic carbocycles. The van der Waals surface area contributed by atoms with Crippen LogP contribution >= 0.6 is 11.6 Å². The van der Waals surface area contributed by atoms with Gasteiger partial charge in [0.05, 0.1) is 16.4 Å². The smallest absolute Gasteiger partial charge is 0.248 e. The molecule has 0 saturated heterocycles. The maximum atomic E-state index is 13.4. The van der Waals surface area contributed by atoms with Crippen molar-refractivity contribution >= 4 is 34.8 Å². The summed E-state index contributed by atoms with van der Waals surface area (Å²) in [5.41, 5.74) is 3.43. The third-order valence-corrected chi connectivity index (χ3v) is 5.48. The van der Waals surface area contributed by atoms with Gasteiger partial charge in [-0.1, -0.05) is 30.7 Å². The SMILES string of the molecule is Cc1cc(C)n(C(C)C(=O)Nc2ccc(NC(=O)C(C)Cc3cccc(F)c3)cc2Cl)n1. The van der Waals surface area contributed by atoms with Gasteiger partial charge in [-0.3, -0.25) is 14.3 Å². The average molecular weight is 457 g/mol. The van der Waals surface area contributed by atoms with Gasteiger partial charge in [0, 0.05) is 17.3 Å². The second kappa shape index (κ2) is 9.96. The Morgan fingerprint density at radius 2 is 1.81 bits per heavy atom. The quantitative estimate of drug-likeness (QED) is 0.506. The Balaban J connectivity index is 1.62. The number of rotatable bonds is 7. The summed E-state index contributed by atoms with van der Waals surface area (Å²) in [6.07, 6.45) is 0.412. The maximum absolute atomic E-state index is 13.4. The second-order valence-electron chi connectivity index (χ2n) is 7.96. The standard InChI is InChI=1S/C24H26ClFN4O2/c1-14(10-18-6-5-7-19(26)12-18)23(31)27-20-8-9-22(21(25)13-20)28-24(32)17(4)30-16(3)11-15(2)29-30/h5-9,11-14,17H,10H2,1-4H3,(H,27,31)(H,28,32). The van der Waals surface area contributed by atoms with Crippen molar-refractivity contribution in [3.05, 3.63) is 76.3 Å². The summed E-state index contributed by atoms with van der Waals surface area (Å²) in [4.78, 5) is 25.2. The van der Waals surface area contributed by atoms with Crippen LogP contribution in [0.5, 0.6) is 0 Å². The first-order valence-electron chi connectivity index (χ1n) is 10.3. The maximum Gasteiger partial charge on any atom is 0.248 e. The van der Waals surface area contributed by atoms with Crippen LogP contribution in [-0.4, -0.2) is 21.6 Å². The number of hydrogen-bond donors (Lipinski definition) is 2. The number of halogens is 2. The lowest BCUT2D eigenvalue weighted by molar-refractivity contribution is -0.120. The summed E-state index contributed by atoms with van der Waals surface area (Å²) < 4.78 is 15.0. The predicted octanol–water partition coefficient (Wildman–Crippen LogP) is 5.31. The van der Waals surface area contributed by atoms with E-state index in [4.69, 9.17) is 11.6 Å². The van der Waals surface area contributed by atoms with Crippen molar-refractivity contribution in [2.75, 3.05) is 10.6 Å². The minimum Gasteiger partial charge on any atom is -0.326 e. The van der Waals surface area contributed by atoms with Crippen LogP contribution in [0.1, 0.15) is 36.8 Å². The van der Waals surface area contributed by atoms with E-state index >= 15 is 0 Å². The topological polar surface area (TPSA) is 76.0 Å². The second-order valence-corrected chi connectivity index (χ2v) is 8.36. The molecule has 1 aromatic heterocycles. The molecule has 0 bridgehead atoms. The molecule has 0 aliphatic rings. The minimum absolute atomic E-state index is 0.208. The highest BCUT2D eigenvalue weighted by atomic mass is 35.5. The highest BCUT2D eigenvalue weighted by Crippen LogP contribution is 2.27. The molecule has 1 heterocycles. The fraction of sp³-hybridized carbons (Fsp3) is 0.292. The predicted molar refractivity (Wildman–Crippen MR) is 124 cm³/mol. The normalized spacial score (nSPS) is 12.8. The highest BCUT2D eigenvalue weighted by molar-refractivity contribution is 6.34. The Labute approximate surface area is 191 Å². The van der Waals surface area contributed by atoms with Crippen LogP contribution in [-0.2, 0) is 16.0 Å². The van der Waals surface area contributed by atoms with Crippen molar-refractivity contribution < 1.29 is 14.0 Å². The number of benzene rings is 2. The van der Waals surface area contributed by atoms with Crippen molar-refractivity contribution in [2.24, 2.45) is 5.92 Å². The number of anilines is 2. The fourth-order valence-corrected chi connectivity index (χ4v) is 3.68. The number of carbonyl (C=O) groups is 2. The Hall–Kier alpha value is -3.19. The van der Waals surface area contributed by atoms with E-state index in [-0.39, 0.29) is 23.5 Å². The van der Waals surface area contributed by atoms with E-state index in [2.05, 4.69) is 15.7 Å². The van der Waals surface area contributed by atoms with Gasteiger partial charge < -0.3 is 10.6 Å². The molecule has 0 spiro atoms. The molecule has 8 heteroatoms. The molecule has 168 valence electrons. The van der Waals surface area contributed by atoms with Crippen LogP contribution in [0.2, 0.25) is 5.02 Å². The van der Waals surface area contributed by atoms with Crippen molar-refractivity contribution in [1.82, 2.24) is 9.78 Å². The molecule has 0 radical (unpaired) electrons. The van der Waals surface area contributed by atoms with Gasteiger partial charge in [0.15, 0.2) is 0 Å². The lowest BCUT2D eigenvalue weighted by Gasteiger charge is -2.16. The van der Waals surface area contributed by atoms with Gasteiger partial charge in [-0.15, -0.1) is 0 Å². The van der Waals surface area contributed by atoms with Gasteiger partial charge >= 0.3 is 0 Å². The van der Waals surface area contributed by atoms with Crippen molar-refractivity contribution in [3.63, 3.8) is 0 Å². The van der Waals surface area contributed by atoms with Crippen molar-refractivity contribution in [1.29, 1.82) is 0 Å². The minimum atomic E-state index is -0.511. The molecule has 3 aromatic rings. The van der Waals surface area contributed by atoms with Gasteiger partial charge in [-0.05, 0) is 69.2 Å². The third kappa shape index (κ3) is 5.73. The van der Waals surface area contributed by atoms with Crippen LogP contribution in [0.3, 0.4) is 0 Å². The Morgan fingerprint density at radius 1 is 1.06 bits per heavy atom. The molecule has 2 unspecified atom stereocenters. The molecule has 2 amide bonds. The van der Waals surface area contributed by atoms with E-state index < -0.39 is 6.04 Å². The first kappa shape index (κ1) is 23.5. The molecule has 32 heavy (non-hydrogen) atoms. The zero-order valence-corrected chi connectivity index (χ0v) is 19.2. The van der Waals surface area contributed by atoms with Crippen LogP contribution in [0.4, 0.5) is 15.8 Å². The zero-order valence-electron chi connectivity index (χ0n) is 18.4. The summed E-state index contributed by atoms with van der Waals surface area (Å²) in [7, 11) is 0. The highest BCUT2D eigenvalue weighted by Gasteiger charge is 2.19. The van der Waals surface area contributed by atoms with Gasteiger partial charge in [-0.2, -0.15) is 5.10 Å². The van der Waals surface area contributed by atoms with Crippen LogP contribution in [0, 0.1) is 25.6 Å². The molecule has 2 atom stereocenters. The number of amides is 2. The lowest BCUT2D eigenvalue weighted by Crippen LogP contribution is -2.25. The van der Waals surface area contributed by atoms with Gasteiger partial charge in [0.2, 0.25) is 11.8 Å². The van der Waals surface area contributed by atoms with Crippen molar-refractivity contribution in [2.45, 2.75) is 40.2 Å². The van der Waals surface area contributed by atoms with E-state index in [1.807, 2.05) is 19.9 Å². The number of nitrogens with zero attached hydrogens (tertiary/aromatic N) is 2. The lowest BCUT2D eigenvalue weighted by atomic mass is 10.0. The molecule has 0 aliphatic heterocycles. The summed E-state index contributed by atoms with van der Waals surface area (Å²) in [5.74, 6) is -1.15. The summed E-state index contributed by atoms with van der Waals surface area (Å²) in [6.45, 7) is 7.30. The first-order valence-corrected chi connectivity index (χ1v) is 10.7. The average Bonchev–Trinajstić information content (AvgIpc) is 3.07. The fourth-order valence-electron chi connectivity index (χ4n) is 3.46. The Bertz CT molecular complexity index is 1140. The number of hydrogen-bond acceptors (Lipinski definition) is 3. The number of aryl methyl sites for hydroxylation is 2. The largest absolute Gasteiger partial charge is 0.326 e. The molecular formula is C24H26ClFN4O2. The Morgan fingerprint density at radius 3 is 2.44 bits per heavy atom. The van der Waals surface area contributed by atoms with E-state index in [1.165, 1.54) is 12.1 Å². The third-order valence-electron chi connectivity index (χ3n) is 5.16. The van der Waals surface area contributed by atoms with E-state index in [0.717, 1.165) is 17.0 Å². The molecule has 0 saturated carbocycles. The number of carbonyl (C=O) groups excluding carboxylic acids is 2. The van der Waals surface area contributed by atoms with Crippen LogP contribution in [0.25, 0.3) is 0 Å². The first-order chi connectivity index (χ1) is 15.1. The van der Waals surface area contributed by atoms with E-state index in [1.54, 1.807) is 48.9 Å². The molecule has 3 rings (SSSR count). The molecular weight excluding hydrogens is 431 g/mol. The number of nitrogens with one attached hydrogen (secondary N) is 2. The molecule has 0 aliphatic carbocycles. The van der Waals surface area contributed by atoms with Gasteiger partial charge in [-0.25, -0.2) is 4.39 Å². The Kier molecular flexibility index (Phi) is 7.30. The van der Waals surface area contributed by atoms with Crippen molar-refractivity contribution in [3.8, 4) is 0 Å². The zero-order chi connectivity index (χ0) is 23.4. The van der Waals surface area contributed by atoms with Gasteiger partial charge in [0.1, 0.15) is 11.9 Å². The van der Waals surface area contributed by atoms with E-state index in [9.17, 15) is 14.0 Å². The van der Waals surface area contributed by atoms with Crippen LogP contribution < -0.4 is 10.6 Å². The monoisotopic (exact) mass is 456 g/mol. The van der Waals surface area contributed by atoms with E-state index in [0.29, 0.717) is 22.8 Å². The molecule has 2 N–H and O–H groups in total. The summed E-state index contributed by atoms with van der Waals surface area (Å²) >= 11 is 6.34. The number of aromatic nitrogens is 2. The van der Waals surface area contributed by atoms with Gasteiger partial charge in [0.25, 0.3) is 0 Å². The molecule has 6 nitrogen and oxygen atoms in total. The summed E-state index contributed by atoms with van der Waals surface area (Å²) in [6, 6.07) is 12.5. The van der Waals surface area contributed by atoms with Crippen LogP contribution in [0.15, 0.2) is 48.5 Å². The molecule has 0 fully saturated rings. The summed E-state index contributed by atoms with van der Waals surface area (Å²) in [5, 5.41) is 10.3.